The first-order valence-corrected chi connectivity index (χ1v) is 13.6. The predicted molar refractivity (Wildman–Crippen MR) is 160 cm³/mol. The van der Waals surface area contributed by atoms with E-state index >= 15 is 0 Å². The summed E-state index contributed by atoms with van der Waals surface area (Å²) in [6, 6.07) is 22.4. The van der Waals surface area contributed by atoms with Crippen LogP contribution in [0.4, 0.5) is 37.7 Å². The molecule has 0 atom stereocenters. The van der Waals surface area contributed by atoms with Crippen LogP contribution in [0.2, 0.25) is 0 Å². The molecular formula is C34H25F6N3O2. The highest BCUT2D eigenvalue weighted by atomic mass is 19.4. The fraction of sp³-hybridized carbons (Fsp3) is 0.118. The molecule has 0 saturated carbocycles. The predicted octanol–water partition coefficient (Wildman–Crippen LogP) is 9.21. The molecule has 1 heterocycles. The third-order valence-corrected chi connectivity index (χ3v) is 7.28. The molecule has 5 aromatic rings. The van der Waals surface area contributed by atoms with Crippen LogP contribution in [0.1, 0.15) is 37.5 Å². The summed E-state index contributed by atoms with van der Waals surface area (Å²) < 4.78 is 79.2. The van der Waals surface area contributed by atoms with Gasteiger partial charge < -0.3 is 15.2 Å². The summed E-state index contributed by atoms with van der Waals surface area (Å²) in [5, 5.41) is 5.59. The Bertz CT molecular complexity index is 1860. The SMILES string of the molecule is Cc1c(NC(=O)c2ccccc2-c2ccc(C(F)(F)F)cc2)cn(C)c1C(=O)Nc1ccc(-c2ccc(C(F)(F)F)cc2)cc1. The Morgan fingerprint density at radius 2 is 1.11 bits per heavy atom. The second-order valence-electron chi connectivity index (χ2n) is 10.3. The number of aryl methyl sites for hydroxylation is 1. The van der Waals surface area contributed by atoms with E-state index in [2.05, 4.69) is 10.6 Å². The summed E-state index contributed by atoms with van der Waals surface area (Å²) in [6.45, 7) is 1.67. The number of rotatable bonds is 6. The number of anilines is 2. The van der Waals surface area contributed by atoms with Crippen molar-refractivity contribution < 1.29 is 35.9 Å². The number of nitrogens with one attached hydrogen (secondary N) is 2. The molecular weight excluding hydrogens is 596 g/mol. The van der Waals surface area contributed by atoms with Crippen molar-refractivity contribution in [2.24, 2.45) is 7.05 Å². The van der Waals surface area contributed by atoms with Gasteiger partial charge in [-0.1, -0.05) is 54.6 Å². The third-order valence-electron chi connectivity index (χ3n) is 7.28. The molecule has 1 aromatic heterocycles. The second-order valence-corrected chi connectivity index (χ2v) is 10.3. The zero-order valence-corrected chi connectivity index (χ0v) is 23.8. The molecule has 0 saturated heterocycles. The Morgan fingerprint density at radius 3 is 1.64 bits per heavy atom. The quantitative estimate of drug-likeness (QED) is 0.186. The molecule has 0 unspecified atom stereocenters. The molecule has 0 aliphatic rings. The van der Waals surface area contributed by atoms with Gasteiger partial charge in [0.25, 0.3) is 11.8 Å². The summed E-state index contributed by atoms with van der Waals surface area (Å²) in [5.41, 5.74) is 2.39. The third kappa shape index (κ3) is 6.77. The van der Waals surface area contributed by atoms with Crippen molar-refractivity contribution in [1.82, 2.24) is 4.57 Å². The van der Waals surface area contributed by atoms with Crippen LogP contribution in [0.15, 0.2) is 103 Å². The number of alkyl halides is 6. The number of amides is 2. The summed E-state index contributed by atoms with van der Waals surface area (Å²) in [5.74, 6) is -0.965. The molecule has 0 spiro atoms. The molecule has 0 radical (unpaired) electrons. The normalized spacial score (nSPS) is 11.7. The number of hydrogen-bond acceptors (Lipinski definition) is 2. The highest BCUT2D eigenvalue weighted by molar-refractivity contribution is 6.11. The van der Waals surface area contributed by atoms with Gasteiger partial charge in [-0.15, -0.1) is 0 Å². The first-order chi connectivity index (χ1) is 21.2. The lowest BCUT2D eigenvalue weighted by Crippen LogP contribution is -2.17. The minimum absolute atomic E-state index is 0.236. The van der Waals surface area contributed by atoms with Crippen LogP contribution >= 0.6 is 0 Å². The van der Waals surface area contributed by atoms with Crippen LogP contribution in [0.5, 0.6) is 0 Å². The summed E-state index contributed by atoms with van der Waals surface area (Å²) >= 11 is 0. The van der Waals surface area contributed by atoms with Gasteiger partial charge in [-0.25, -0.2) is 0 Å². The minimum atomic E-state index is -4.48. The van der Waals surface area contributed by atoms with Crippen LogP contribution in [0.25, 0.3) is 22.3 Å². The molecule has 0 bridgehead atoms. The van der Waals surface area contributed by atoms with Gasteiger partial charge in [0.05, 0.1) is 16.8 Å². The largest absolute Gasteiger partial charge is 0.416 e. The maximum atomic E-state index is 13.3. The molecule has 5 rings (SSSR count). The first-order valence-electron chi connectivity index (χ1n) is 13.6. The van der Waals surface area contributed by atoms with Crippen LogP contribution in [0, 0.1) is 6.92 Å². The number of benzene rings is 4. The molecule has 230 valence electrons. The van der Waals surface area contributed by atoms with Gasteiger partial charge in [-0.05, 0) is 71.6 Å². The lowest BCUT2D eigenvalue weighted by atomic mass is 9.98. The zero-order valence-electron chi connectivity index (χ0n) is 23.8. The van der Waals surface area contributed by atoms with Gasteiger partial charge in [0, 0.05) is 30.1 Å². The number of carbonyl (C=O) groups excluding carboxylic acids is 2. The van der Waals surface area contributed by atoms with Crippen molar-refractivity contribution in [2.45, 2.75) is 19.3 Å². The maximum absolute atomic E-state index is 13.3. The molecule has 2 amide bonds. The molecule has 0 aliphatic carbocycles. The molecule has 0 aliphatic heterocycles. The monoisotopic (exact) mass is 621 g/mol. The molecule has 45 heavy (non-hydrogen) atoms. The van der Waals surface area contributed by atoms with Gasteiger partial charge in [-0.3, -0.25) is 9.59 Å². The topological polar surface area (TPSA) is 63.1 Å². The number of hydrogen-bond donors (Lipinski definition) is 2. The van der Waals surface area contributed by atoms with Crippen LogP contribution in [0.3, 0.4) is 0 Å². The smallest absolute Gasteiger partial charge is 0.344 e. The second kappa shape index (κ2) is 12.0. The Labute approximate surface area is 254 Å². The van der Waals surface area contributed by atoms with E-state index in [1.165, 1.54) is 24.3 Å². The molecule has 4 aromatic carbocycles. The van der Waals surface area contributed by atoms with E-state index in [4.69, 9.17) is 0 Å². The zero-order chi connectivity index (χ0) is 32.5. The molecule has 2 N–H and O–H groups in total. The van der Waals surface area contributed by atoms with E-state index in [9.17, 15) is 35.9 Å². The summed E-state index contributed by atoms with van der Waals surface area (Å²) in [7, 11) is 1.64. The van der Waals surface area contributed by atoms with E-state index < -0.39 is 35.3 Å². The van der Waals surface area contributed by atoms with E-state index in [1.807, 2.05) is 0 Å². The van der Waals surface area contributed by atoms with Crippen molar-refractivity contribution in [3.8, 4) is 22.3 Å². The lowest BCUT2D eigenvalue weighted by Gasteiger charge is -2.12. The van der Waals surface area contributed by atoms with E-state index in [0.29, 0.717) is 39.2 Å². The summed E-state index contributed by atoms with van der Waals surface area (Å²) in [6.07, 6.45) is -7.33. The van der Waals surface area contributed by atoms with Crippen molar-refractivity contribution >= 4 is 23.2 Å². The minimum Gasteiger partial charge on any atom is -0.344 e. The Kier molecular flexibility index (Phi) is 8.29. The van der Waals surface area contributed by atoms with Crippen LogP contribution in [-0.4, -0.2) is 16.4 Å². The van der Waals surface area contributed by atoms with Crippen LogP contribution < -0.4 is 10.6 Å². The average molecular weight is 622 g/mol. The van der Waals surface area contributed by atoms with E-state index in [0.717, 1.165) is 24.3 Å². The Morgan fingerprint density at radius 1 is 0.622 bits per heavy atom. The van der Waals surface area contributed by atoms with Gasteiger partial charge >= 0.3 is 12.4 Å². The van der Waals surface area contributed by atoms with Gasteiger partial charge in [0.1, 0.15) is 5.69 Å². The Hall–Kier alpha value is -5.32. The van der Waals surface area contributed by atoms with Crippen molar-refractivity contribution in [2.75, 3.05) is 10.6 Å². The number of carbonyl (C=O) groups is 2. The van der Waals surface area contributed by atoms with Gasteiger partial charge in [-0.2, -0.15) is 26.3 Å². The number of aromatic nitrogens is 1. The fourth-order valence-corrected chi connectivity index (χ4v) is 4.95. The van der Waals surface area contributed by atoms with Crippen molar-refractivity contribution in [3.05, 3.63) is 131 Å². The number of halogens is 6. The molecule has 11 heteroatoms. The highest BCUT2D eigenvalue weighted by Gasteiger charge is 2.31. The van der Waals surface area contributed by atoms with Crippen molar-refractivity contribution in [1.29, 1.82) is 0 Å². The summed E-state index contributed by atoms with van der Waals surface area (Å²) in [4.78, 5) is 26.5. The van der Waals surface area contributed by atoms with Crippen LogP contribution in [-0.2, 0) is 19.4 Å². The highest BCUT2D eigenvalue weighted by Crippen LogP contribution is 2.33. The standard InChI is InChI=1S/C34H25F6N3O2/c1-20-29(42-31(44)28-6-4-3-5-27(28)23-9-15-25(16-10-23)34(38,39)40)19-43(2)30(20)32(45)41-26-17-11-22(12-18-26)21-7-13-24(14-8-21)33(35,36)37/h3-19H,1-2H3,(H,41,45)(H,42,44). The van der Waals surface area contributed by atoms with E-state index in [-0.39, 0.29) is 11.3 Å². The number of nitrogens with zero attached hydrogens (tertiary/aromatic N) is 1. The molecule has 0 fully saturated rings. The van der Waals surface area contributed by atoms with Gasteiger partial charge in [0.2, 0.25) is 0 Å². The van der Waals surface area contributed by atoms with Gasteiger partial charge in [0.15, 0.2) is 0 Å². The average Bonchev–Trinajstić information content (AvgIpc) is 3.28. The lowest BCUT2D eigenvalue weighted by molar-refractivity contribution is -0.138. The van der Waals surface area contributed by atoms with E-state index in [1.54, 1.807) is 73.3 Å². The maximum Gasteiger partial charge on any atom is 0.416 e. The Balaban J connectivity index is 1.30. The first kappa shape index (κ1) is 31.1. The van der Waals surface area contributed by atoms with Crippen molar-refractivity contribution in [3.63, 3.8) is 0 Å². The molecule has 5 nitrogen and oxygen atoms in total. The fourth-order valence-electron chi connectivity index (χ4n) is 4.95.